The molecule has 0 aromatic heterocycles. The first-order valence-corrected chi connectivity index (χ1v) is 8.26. The van der Waals surface area contributed by atoms with Gasteiger partial charge in [-0.1, -0.05) is 37.6 Å². The van der Waals surface area contributed by atoms with Crippen LogP contribution in [0.2, 0.25) is 5.02 Å². The fourth-order valence-corrected chi connectivity index (χ4v) is 2.40. The molecular weight excluding hydrogens is 282 g/mol. The van der Waals surface area contributed by atoms with E-state index in [1.807, 2.05) is 12.1 Å². The average molecular weight is 312 g/mol. The standard InChI is InChI=1S/C18H30ClNO/c1-14(2)12-20-13-16(9-10-21-18(3,4)5)15-7-6-8-17(19)11-15/h6-8,11,14,16,20H,9-10,12-13H2,1-5H3. The van der Waals surface area contributed by atoms with Crippen molar-refractivity contribution in [3.8, 4) is 0 Å². The van der Waals surface area contributed by atoms with Crippen molar-refractivity contribution < 1.29 is 4.74 Å². The molecule has 1 N–H and O–H groups in total. The first kappa shape index (κ1) is 18.5. The highest BCUT2D eigenvalue weighted by atomic mass is 35.5. The maximum absolute atomic E-state index is 6.13. The van der Waals surface area contributed by atoms with Gasteiger partial charge in [0.05, 0.1) is 5.60 Å². The van der Waals surface area contributed by atoms with Crippen LogP contribution in [0, 0.1) is 5.92 Å². The molecule has 0 aliphatic carbocycles. The molecular formula is C18H30ClNO. The van der Waals surface area contributed by atoms with Gasteiger partial charge >= 0.3 is 0 Å². The van der Waals surface area contributed by atoms with E-state index in [9.17, 15) is 0 Å². The second-order valence-corrected chi connectivity index (χ2v) is 7.49. The zero-order valence-electron chi connectivity index (χ0n) is 14.1. The molecule has 1 atom stereocenters. The van der Waals surface area contributed by atoms with Crippen molar-refractivity contribution >= 4 is 11.6 Å². The number of hydrogen-bond donors (Lipinski definition) is 1. The van der Waals surface area contributed by atoms with Gasteiger partial charge in [-0.2, -0.15) is 0 Å². The molecule has 0 fully saturated rings. The van der Waals surface area contributed by atoms with Crippen LogP contribution in [0.15, 0.2) is 24.3 Å². The molecule has 0 heterocycles. The summed E-state index contributed by atoms with van der Waals surface area (Å²) >= 11 is 6.13. The molecule has 1 rings (SSSR count). The third kappa shape index (κ3) is 8.45. The number of rotatable bonds is 8. The molecule has 0 aliphatic rings. The van der Waals surface area contributed by atoms with Crippen molar-refractivity contribution in [2.24, 2.45) is 5.92 Å². The van der Waals surface area contributed by atoms with E-state index >= 15 is 0 Å². The fraction of sp³-hybridized carbons (Fsp3) is 0.667. The van der Waals surface area contributed by atoms with Crippen molar-refractivity contribution in [1.82, 2.24) is 5.32 Å². The quantitative estimate of drug-likeness (QED) is 0.739. The van der Waals surface area contributed by atoms with E-state index < -0.39 is 0 Å². The first-order valence-electron chi connectivity index (χ1n) is 7.88. The minimum absolute atomic E-state index is 0.0791. The van der Waals surface area contributed by atoms with Crippen LogP contribution >= 0.6 is 11.6 Å². The molecule has 1 aromatic carbocycles. The van der Waals surface area contributed by atoms with E-state index in [1.165, 1.54) is 5.56 Å². The summed E-state index contributed by atoms with van der Waals surface area (Å²) in [7, 11) is 0. The monoisotopic (exact) mass is 311 g/mol. The molecule has 2 nitrogen and oxygen atoms in total. The summed E-state index contributed by atoms with van der Waals surface area (Å²) in [6.45, 7) is 13.5. The lowest BCUT2D eigenvalue weighted by atomic mass is 9.95. The largest absolute Gasteiger partial charge is 0.376 e. The van der Waals surface area contributed by atoms with Gasteiger partial charge in [0.15, 0.2) is 0 Å². The smallest absolute Gasteiger partial charge is 0.0598 e. The van der Waals surface area contributed by atoms with Crippen molar-refractivity contribution in [1.29, 1.82) is 0 Å². The van der Waals surface area contributed by atoms with Gasteiger partial charge in [-0.3, -0.25) is 0 Å². The number of halogens is 1. The molecule has 21 heavy (non-hydrogen) atoms. The highest BCUT2D eigenvalue weighted by Crippen LogP contribution is 2.23. The Hall–Kier alpha value is -0.570. The van der Waals surface area contributed by atoms with Crippen molar-refractivity contribution in [2.45, 2.75) is 52.6 Å². The minimum Gasteiger partial charge on any atom is -0.376 e. The molecule has 0 bridgehead atoms. The van der Waals surface area contributed by atoms with Crippen LogP contribution in [0.4, 0.5) is 0 Å². The molecule has 0 saturated carbocycles. The Balaban J connectivity index is 2.61. The van der Waals surface area contributed by atoms with E-state index in [4.69, 9.17) is 16.3 Å². The molecule has 0 amide bonds. The molecule has 0 aliphatic heterocycles. The molecule has 3 heteroatoms. The Labute approximate surface area is 135 Å². The predicted octanol–water partition coefficient (Wildman–Crippen LogP) is 4.87. The van der Waals surface area contributed by atoms with Crippen LogP contribution in [0.1, 0.15) is 52.5 Å². The Kier molecular flexibility index (Phi) is 7.72. The highest BCUT2D eigenvalue weighted by Gasteiger charge is 2.15. The zero-order chi connectivity index (χ0) is 15.9. The molecule has 1 aromatic rings. The van der Waals surface area contributed by atoms with Gasteiger partial charge in [-0.25, -0.2) is 0 Å². The Bertz CT molecular complexity index is 412. The third-order valence-electron chi connectivity index (χ3n) is 3.26. The number of nitrogens with one attached hydrogen (secondary N) is 1. The van der Waals surface area contributed by atoms with Crippen LogP contribution in [0.5, 0.6) is 0 Å². The summed E-state index contributed by atoms with van der Waals surface area (Å²) in [5.41, 5.74) is 1.21. The molecule has 0 saturated heterocycles. The van der Waals surface area contributed by atoms with Gasteiger partial charge in [0, 0.05) is 18.2 Å². The van der Waals surface area contributed by atoms with Crippen LogP contribution in [-0.4, -0.2) is 25.3 Å². The number of ether oxygens (including phenoxy) is 1. The lowest BCUT2D eigenvalue weighted by molar-refractivity contribution is -0.00624. The Morgan fingerprint density at radius 3 is 2.48 bits per heavy atom. The lowest BCUT2D eigenvalue weighted by Crippen LogP contribution is -2.27. The van der Waals surface area contributed by atoms with E-state index in [0.29, 0.717) is 11.8 Å². The van der Waals surface area contributed by atoms with Gasteiger partial charge in [0.25, 0.3) is 0 Å². The van der Waals surface area contributed by atoms with E-state index in [2.05, 4.69) is 52.1 Å². The summed E-state index contributed by atoms with van der Waals surface area (Å²) in [4.78, 5) is 0. The van der Waals surface area contributed by atoms with Crippen molar-refractivity contribution in [3.63, 3.8) is 0 Å². The summed E-state index contributed by atoms with van der Waals surface area (Å²) in [5.74, 6) is 1.10. The normalized spacial score (nSPS) is 13.7. The maximum atomic E-state index is 6.13. The van der Waals surface area contributed by atoms with Gasteiger partial charge in [-0.15, -0.1) is 0 Å². The zero-order valence-corrected chi connectivity index (χ0v) is 14.8. The number of hydrogen-bond acceptors (Lipinski definition) is 2. The van der Waals surface area contributed by atoms with Gasteiger partial charge in [0.1, 0.15) is 0 Å². The average Bonchev–Trinajstić information content (AvgIpc) is 2.35. The maximum Gasteiger partial charge on any atom is 0.0598 e. The second-order valence-electron chi connectivity index (χ2n) is 7.05. The van der Waals surface area contributed by atoms with E-state index in [1.54, 1.807) is 0 Å². The highest BCUT2D eigenvalue weighted by molar-refractivity contribution is 6.30. The molecule has 1 unspecified atom stereocenters. The van der Waals surface area contributed by atoms with Gasteiger partial charge in [0.2, 0.25) is 0 Å². The summed E-state index contributed by atoms with van der Waals surface area (Å²) in [5, 5.41) is 4.36. The van der Waals surface area contributed by atoms with Gasteiger partial charge in [-0.05, 0) is 63.3 Å². The molecule has 0 radical (unpaired) electrons. The van der Waals surface area contributed by atoms with Crippen LogP contribution in [-0.2, 0) is 4.74 Å². The first-order chi connectivity index (χ1) is 9.78. The molecule has 0 spiro atoms. The predicted molar refractivity (Wildman–Crippen MR) is 92.2 cm³/mol. The van der Waals surface area contributed by atoms with Gasteiger partial charge < -0.3 is 10.1 Å². The summed E-state index contributed by atoms with van der Waals surface area (Å²) in [6, 6.07) is 8.18. The van der Waals surface area contributed by atoms with E-state index in [-0.39, 0.29) is 5.60 Å². The number of benzene rings is 1. The van der Waals surface area contributed by atoms with Crippen LogP contribution in [0.25, 0.3) is 0 Å². The van der Waals surface area contributed by atoms with Crippen LogP contribution < -0.4 is 5.32 Å². The second kappa shape index (κ2) is 8.77. The topological polar surface area (TPSA) is 21.3 Å². The summed E-state index contributed by atoms with van der Waals surface area (Å²) in [6.07, 6.45) is 1.00. The Morgan fingerprint density at radius 2 is 1.90 bits per heavy atom. The minimum atomic E-state index is -0.0791. The van der Waals surface area contributed by atoms with E-state index in [0.717, 1.165) is 31.1 Å². The van der Waals surface area contributed by atoms with Crippen LogP contribution in [0.3, 0.4) is 0 Å². The lowest BCUT2D eigenvalue weighted by Gasteiger charge is -2.23. The Morgan fingerprint density at radius 1 is 1.19 bits per heavy atom. The SMILES string of the molecule is CC(C)CNCC(CCOC(C)(C)C)c1cccc(Cl)c1. The third-order valence-corrected chi connectivity index (χ3v) is 3.50. The fourth-order valence-electron chi connectivity index (χ4n) is 2.20. The summed E-state index contributed by atoms with van der Waals surface area (Å²) < 4.78 is 5.88. The molecule has 120 valence electrons. The van der Waals surface area contributed by atoms with Crippen molar-refractivity contribution in [3.05, 3.63) is 34.9 Å². The van der Waals surface area contributed by atoms with Crippen molar-refractivity contribution in [2.75, 3.05) is 19.7 Å².